The molecule has 158 valence electrons. The second kappa shape index (κ2) is 11.5. The Morgan fingerprint density at radius 3 is 2.35 bits per heavy atom. The molecule has 8 heteroatoms. The van der Waals surface area contributed by atoms with Gasteiger partial charge < -0.3 is 10.1 Å². The highest BCUT2D eigenvalue weighted by atomic mass is 32.2. The molecule has 3 rings (SSSR count). The molecule has 0 heterocycles. The number of carbonyl (C=O) groups excluding carboxylic acids is 2. The first kappa shape index (κ1) is 22.0. The number of hydrazone groups is 1. The third-order valence-electron chi connectivity index (χ3n) is 3.89. The number of rotatable bonds is 9. The third kappa shape index (κ3) is 7.94. The molecule has 3 aromatic rings. The Hall–Kier alpha value is -3.65. The lowest BCUT2D eigenvalue weighted by Crippen LogP contribution is -2.20. The highest BCUT2D eigenvalue weighted by molar-refractivity contribution is 8.00. The summed E-state index contributed by atoms with van der Waals surface area (Å²) in [5.74, 6) is -0.141. The van der Waals surface area contributed by atoms with Gasteiger partial charge in [0, 0.05) is 10.6 Å². The second-order valence-corrected chi connectivity index (χ2v) is 7.36. The molecule has 0 aliphatic heterocycles. The smallest absolute Gasteiger partial charge is 0.262 e. The van der Waals surface area contributed by atoms with Crippen LogP contribution in [0, 0.1) is 5.82 Å². The quantitative estimate of drug-likeness (QED) is 0.300. The molecule has 0 aliphatic carbocycles. The van der Waals surface area contributed by atoms with Crippen molar-refractivity contribution in [2.45, 2.75) is 4.90 Å². The van der Waals surface area contributed by atoms with E-state index in [1.54, 1.807) is 24.3 Å². The zero-order valence-electron chi connectivity index (χ0n) is 16.5. The molecule has 31 heavy (non-hydrogen) atoms. The number of hydrogen-bond acceptors (Lipinski definition) is 5. The van der Waals surface area contributed by atoms with Crippen molar-refractivity contribution in [3.63, 3.8) is 0 Å². The third-order valence-corrected chi connectivity index (χ3v) is 4.91. The molecule has 3 aromatic carbocycles. The van der Waals surface area contributed by atoms with Gasteiger partial charge in [0.15, 0.2) is 6.61 Å². The first-order valence-electron chi connectivity index (χ1n) is 9.36. The molecule has 0 fully saturated rings. The maximum absolute atomic E-state index is 12.9. The van der Waals surface area contributed by atoms with E-state index < -0.39 is 0 Å². The number of carbonyl (C=O) groups is 2. The summed E-state index contributed by atoms with van der Waals surface area (Å²) in [6.07, 6.45) is 1.52. The number of amides is 2. The van der Waals surface area contributed by atoms with Gasteiger partial charge in [-0.3, -0.25) is 9.59 Å². The van der Waals surface area contributed by atoms with E-state index in [2.05, 4.69) is 15.8 Å². The maximum atomic E-state index is 12.9. The van der Waals surface area contributed by atoms with Gasteiger partial charge in [-0.2, -0.15) is 5.10 Å². The normalized spacial score (nSPS) is 10.6. The lowest BCUT2D eigenvalue weighted by atomic mass is 10.2. The van der Waals surface area contributed by atoms with Crippen molar-refractivity contribution < 1.29 is 18.7 Å². The van der Waals surface area contributed by atoms with E-state index in [0.29, 0.717) is 11.4 Å². The molecule has 0 aliphatic rings. The van der Waals surface area contributed by atoms with Crippen LogP contribution < -0.4 is 15.5 Å². The Balaban J connectivity index is 1.38. The molecule has 0 bridgehead atoms. The Kier molecular flexibility index (Phi) is 8.19. The molecule has 0 saturated heterocycles. The topological polar surface area (TPSA) is 79.8 Å². The number of thioether (sulfide) groups is 1. The van der Waals surface area contributed by atoms with Gasteiger partial charge in [-0.1, -0.05) is 18.2 Å². The lowest BCUT2D eigenvalue weighted by molar-refractivity contribution is -0.119. The minimum absolute atomic E-state index is 0.181. The van der Waals surface area contributed by atoms with E-state index in [1.165, 1.54) is 42.2 Å². The summed E-state index contributed by atoms with van der Waals surface area (Å²) < 4.78 is 18.3. The van der Waals surface area contributed by atoms with Gasteiger partial charge >= 0.3 is 0 Å². The summed E-state index contributed by atoms with van der Waals surface area (Å²) in [7, 11) is 0. The largest absolute Gasteiger partial charge is 0.484 e. The number of halogens is 1. The van der Waals surface area contributed by atoms with Gasteiger partial charge in [0.25, 0.3) is 5.91 Å². The fourth-order valence-electron chi connectivity index (χ4n) is 2.41. The fraction of sp³-hybridized carbons (Fsp3) is 0.0870. The highest BCUT2D eigenvalue weighted by Gasteiger charge is 2.04. The first-order chi connectivity index (χ1) is 15.1. The molecule has 0 atom stereocenters. The molecule has 0 unspecified atom stereocenters. The fourth-order valence-corrected chi connectivity index (χ4v) is 3.12. The van der Waals surface area contributed by atoms with Crippen LogP contribution in [0.2, 0.25) is 0 Å². The molecule has 2 amide bonds. The van der Waals surface area contributed by atoms with E-state index in [0.717, 1.165) is 10.5 Å². The predicted octanol–water partition coefficient (Wildman–Crippen LogP) is 4.09. The van der Waals surface area contributed by atoms with Crippen LogP contribution in [0.3, 0.4) is 0 Å². The summed E-state index contributed by atoms with van der Waals surface area (Å²) in [4.78, 5) is 24.7. The number of hydrogen-bond donors (Lipinski definition) is 2. The standard InChI is InChI=1S/C23H20FN3O3S/c24-18-8-10-19(11-9-18)26-22(28)15-30-20-12-6-17(7-13-20)14-25-27-23(29)16-31-21-4-2-1-3-5-21/h1-14H,15-16H2,(H,26,28)(H,27,29)/b25-14-. The Labute approximate surface area is 183 Å². The molecular formula is C23H20FN3O3S. The van der Waals surface area contributed by atoms with Crippen molar-refractivity contribution in [2.75, 3.05) is 17.7 Å². The van der Waals surface area contributed by atoms with E-state index in [-0.39, 0.29) is 30.0 Å². The SMILES string of the molecule is O=C(CSc1ccccc1)N/N=C\c1ccc(OCC(=O)Nc2ccc(F)cc2)cc1. The van der Waals surface area contributed by atoms with Crippen LogP contribution in [0.5, 0.6) is 5.75 Å². The van der Waals surface area contributed by atoms with E-state index >= 15 is 0 Å². The molecule has 6 nitrogen and oxygen atoms in total. The minimum Gasteiger partial charge on any atom is -0.484 e. The Bertz CT molecular complexity index is 1030. The number of ether oxygens (including phenoxy) is 1. The first-order valence-corrected chi connectivity index (χ1v) is 10.3. The van der Waals surface area contributed by atoms with Gasteiger partial charge in [-0.15, -0.1) is 11.8 Å². The van der Waals surface area contributed by atoms with Gasteiger partial charge in [-0.05, 0) is 66.2 Å². The van der Waals surface area contributed by atoms with Crippen molar-refractivity contribution >= 4 is 35.5 Å². The van der Waals surface area contributed by atoms with Gasteiger partial charge in [0.05, 0.1) is 12.0 Å². The highest BCUT2D eigenvalue weighted by Crippen LogP contribution is 2.16. The second-order valence-electron chi connectivity index (χ2n) is 6.31. The van der Waals surface area contributed by atoms with Gasteiger partial charge in [0.1, 0.15) is 11.6 Å². The van der Waals surface area contributed by atoms with Crippen LogP contribution in [0.25, 0.3) is 0 Å². The average Bonchev–Trinajstić information content (AvgIpc) is 2.79. The van der Waals surface area contributed by atoms with E-state index in [4.69, 9.17) is 4.74 Å². The van der Waals surface area contributed by atoms with Gasteiger partial charge in [-0.25, -0.2) is 9.82 Å². The van der Waals surface area contributed by atoms with Crippen LogP contribution in [0.1, 0.15) is 5.56 Å². The molecule has 0 saturated carbocycles. The summed E-state index contributed by atoms with van der Waals surface area (Å²) >= 11 is 1.43. The Morgan fingerprint density at radius 1 is 0.935 bits per heavy atom. The summed E-state index contributed by atoms with van der Waals surface area (Å²) in [5, 5.41) is 6.56. The van der Waals surface area contributed by atoms with Crippen molar-refractivity contribution in [1.29, 1.82) is 0 Å². The number of anilines is 1. The zero-order valence-corrected chi connectivity index (χ0v) is 17.3. The van der Waals surface area contributed by atoms with Crippen molar-refractivity contribution in [3.05, 3.63) is 90.2 Å². The molecular weight excluding hydrogens is 417 g/mol. The number of nitrogens with one attached hydrogen (secondary N) is 2. The number of nitrogens with zero attached hydrogens (tertiary/aromatic N) is 1. The lowest BCUT2D eigenvalue weighted by Gasteiger charge is -2.07. The van der Waals surface area contributed by atoms with Gasteiger partial charge in [0.2, 0.25) is 5.91 Å². The van der Waals surface area contributed by atoms with Crippen LogP contribution >= 0.6 is 11.8 Å². The van der Waals surface area contributed by atoms with Crippen LogP contribution in [0.15, 0.2) is 88.9 Å². The average molecular weight is 437 g/mol. The van der Waals surface area contributed by atoms with E-state index in [1.807, 2.05) is 30.3 Å². The van der Waals surface area contributed by atoms with Crippen molar-refractivity contribution in [3.8, 4) is 5.75 Å². The summed E-state index contributed by atoms with van der Waals surface area (Å²) in [6.45, 7) is -0.181. The Morgan fingerprint density at radius 2 is 1.65 bits per heavy atom. The predicted molar refractivity (Wildman–Crippen MR) is 120 cm³/mol. The number of benzene rings is 3. The molecule has 0 radical (unpaired) electrons. The van der Waals surface area contributed by atoms with E-state index in [9.17, 15) is 14.0 Å². The van der Waals surface area contributed by atoms with Crippen molar-refractivity contribution in [2.24, 2.45) is 5.10 Å². The zero-order chi connectivity index (χ0) is 21.9. The summed E-state index contributed by atoms with van der Waals surface area (Å²) in [6, 6.07) is 22.0. The monoisotopic (exact) mass is 437 g/mol. The maximum Gasteiger partial charge on any atom is 0.262 e. The van der Waals surface area contributed by atoms with Crippen molar-refractivity contribution in [1.82, 2.24) is 5.43 Å². The molecule has 0 aromatic heterocycles. The van der Waals surface area contributed by atoms with Crippen LogP contribution in [-0.4, -0.2) is 30.4 Å². The summed E-state index contributed by atoms with van der Waals surface area (Å²) in [5.41, 5.74) is 3.74. The molecule has 2 N–H and O–H groups in total. The molecule has 0 spiro atoms. The minimum atomic E-state index is -0.372. The van der Waals surface area contributed by atoms with Crippen LogP contribution in [0.4, 0.5) is 10.1 Å². The van der Waals surface area contributed by atoms with Crippen LogP contribution in [-0.2, 0) is 9.59 Å².